The van der Waals surface area contributed by atoms with E-state index in [1.165, 1.54) is 11.1 Å². The lowest BCUT2D eigenvalue weighted by atomic mass is 10.1. The van der Waals surface area contributed by atoms with Gasteiger partial charge in [-0.3, -0.25) is 4.79 Å². The molecule has 0 aromatic heterocycles. The molecule has 0 aliphatic rings. The van der Waals surface area contributed by atoms with Crippen LogP contribution in [-0.2, 0) is 6.42 Å². The van der Waals surface area contributed by atoms with Crippen LogP contribution in [0.5, 0.6) is 0 Å². The molecule has 0 saturated heterocycles. The molecule has 98 valence electrons. The molecule has 2 aromatic carbocycles. The predicted octanol–water partition coefficient (Wildman–Crippen LogP) is 3.85. The van der Waals surface area contributed by atoms with Crippen molar-refractivity contribution in [2.75, 3.05) is 11.9 Å². The van der Waals surface area contributed by atoms with E-state index in [0.29, 0.717) is 6.54 Å². The summed E-state index contributed by atoms with van der Waals surface area (Å²) in [5, 5.41) is 3.16. The molecule has 19 heavy (non-hydrogen) atoms. The Morgan fingerprint density at radius 1 is 1.00 bits per heavy atom. The van der Waals surface area contributed by atoms with E-state index in [0.717, 1.165) is 17.7 Å². The summed E-state index contributed by atoms with van der Waals surface area (Å²) in [5.74, 6) is 0.111. The summed E-state index contributed by atoms with van der Waals surface area (Å²) < 4.78 is 0. The highest BCUT2D eigenvalue weighted by atomic mass is 16.1. The largest absolute Gasteiger partial charge is 0.378 e. The summed E-state index contributed by atoms with van der Waals surface area (Å²) in [7, 11) is 0. The highest BCUT2D eigenvalue weighted by molar-refractivity contribution is 5.98. The van der Waals surface area contributed by atoms with Gasteiger partial charge in [-0.2, -0.15) is 0 Å². The van der Waals surface area contributed by atoms with Gasteiger partial charge in [-0.1, -0.05) is 48.9 Å². The van der Waals surface area contributed by atoms with Crippen molar-refractivity contribution in [1.82, 2.24) is 0 Å². The molecule has 0 atom stereocenters. The van der Waals surface area contributed by atoms with Gasteiger partial charge in [0.1, 0.15) is 0 Å². The average molecular weight is 253 g/mol. The van der Waals surface area contributed by atoms with Crippen LogP contribution in [0.15, 0.2) is 48.5 Å². The van der Waals surface area contributed by atoms with Crippen molar-refractivity contribution >= 4 is 11.5 Å². The number of anilines is 1. The van der Waals surface area contributed by atoms with E-state index in [2.05, 4.69) is 24.4 Å². The second-order valence-corrected chi connectivity index (χ2v) is 4.69. The molecule has 0 unspecified atom stereocenters. The Morgan fingerprint density at radius 2 is 1.63 bits per heavy atom. The number of Topliss-reactive ketones (excluding diaryl/α,β-unsaturated/α-hetero) is 1. The molecule has 0 saturated carbocycles. The molecule has 2 rings (SSSR count). The zero-order valence-corrected chi connectivity index (χ0v) is 11.4. The summed E-state index contributed by atoms with van der Waals surface area (Å²) in [4.78, 5) is 12.0. The molecule has 0 radical (unpaired) electrons. The van der Waals surface area contributed by atoms with E-state index >= 15 is 0 Å². The van der Waals surface area contributed by atoms with Crippen molar-refractivity contribution < 1.29 is 4.79 Å². The molecular formula is C17H19NO. The first-order valence-corrected chi connectivity index (χ1v) is 6.61. The van der Waals surface area contributed by atoms with E-state index < -0.39 is 0 Å². The minimum atomic E-state index is 0.111. The lowest BCUT2D eigenvalue weighted by Crippen LogP contribution is -2.13. The van der Waals surface area contributed by atoms with Gasteiger partial charge in [0.05, 0.1) is 6.54 Å². The van der Waals surface area contributed by atoms with Gasteiger partial charge in [-0.25, -0.2) is 0 Å². The van der Waals surface area contributed by atoms with E-state index in [-0.39, 0.29) is 5.78 Å². The van der Waals surface area contributed by atoms with Crippen LogP contribution >= 0.6 is 0 Å². The quantitative estimate of drug-likeness (QED) is 0.820. The predicted molar refractivity (Wildman–Crippen MR) is 79.8 cm³/mol. The lowest BCUT2D eigenvalue weighted by Gasteiger charge is -2.07. The Balaban J connectivity index is 1.94. The zero-order chi connectivity index (χ0) is 13.7. The van der Waals surface area contributed by atoms with Crippen LogP contribution in [0.3, 0.4) is 0 Å². The molecule has 0 aliphatic heterocycles. The summed E-state index contributed by atoms with van der Waals surface area (Å²) in [5.41, 5.74) is 4.20. The third kappa shape index (κ3) is 3.68. The topological polar surface area (TPSA) is 29.1 Å². The molecule has 0 heterocycles. The Hall–Kier alpha value is -2.09. The van der Waals surface area contributed by atoms with Gasteiger partial charge in [0, 0.05) is 11.3 Å². The second kappa shape index (κ2) is 6.19. The molecule has 0 spiro atoms. The molecule has 0 aliphatic carbocycles. The minimum absolute atomic E-state index is 0.111. The minimum Gasteiger partial charge on any atom is -0.378 e. The molecule has 0 fully saturated rings. The maximum atomic E-state index is 12.0. The van der Waals surface area contributed by atoms with Crippen molar-refractivity contribution in [1.29, 1.82) is 0 Å². The summed E-state index contributed by atoms with van der Waals surface area (Å²) in [6.45, 7) is 4.47. The van der Waals surface area contributed by atoms with E-state index in [4.69, 9.17) is 0 Å². The lowest BCUT2D eigenvalue weighted by molar-refractivity contribution is 0.101. The molecule has 0 bridgehead atoms. The fraction of sp³-hybridized carbons (Fsp3) is 0.235. The number of carbonyl (C=O) groups is 1. The summed E-state index contributed by atoms with van der Waals surface area (Å²) in [6, 6.07) is 15.9. The number of benzene rings is 2. The Morgan fingerprint density at radius 3 is 2.21 bits per heavy atom. The fourth-order valence-corrected chi connectivity index (χ4v) is 1.88. The van der Waals surface area contributed by atoms with Crippen LogP contribution in [0.4, 0.5) is 5.69 Å². The first kappa shape index (κ1) is 13.3. The number of aryl methyl sites for hydroxylation is 2. The maximum absolute atomic E-state index is 12.0. The van der Waals surface area contributed by atoms with E-state index in [1.807, 2.05) is 43.3 Å². The van der Waals surface area contributed by atoms with Crippen LogP contribution in [0.1, 0.15) is 28.4 Å². The van der Waals surface area contributed by atoms with Crippen LogP contribution in [-0.4, -0.2) is 12.3 Å². The molecule has 1 N–H and O–H groups in total. The van der Waals surface area contributed by atoms with Gasteiger partial charge in [0.2, 0.25) is 0 Å². The summed E-state index contributed by atoms with van der Waals surface area (Å²) >= 11 is 0. The molecule has 2 aromatic rings. The molecule has 0 amide bonds. The Bertz CT molecular complexity index is 540. The number of nitrogens with one attached hydrogen (secondary N) is 1. The SMILES string of the molecule is CCc1ccc(NCC(=O)c2ccc(C)cc2)cc1. The monoisotopic (exact) mass is 253 g/mol. The first-order valence-electron chi connectivity index (χ1n) is 6.61. The van der Waals surface area contributed by atoms with Crippen LogP contribution in [0, 0.1) is 6.92 Å². The number of hydrogen-bond donors (Lipinski definition) is 1. The third-order valence-corrected chi connectivity index (χ3v) is 3.19. The molecule has 2 heteroatoms. The second-order valence-electron chi connectivity index (χ2n) is 4.69. The van der Waals surface area contributed by atoms with Gasteiger partial charge in [0.25, 0.3) is 0 Å². The van der Waals surface area contributed by atoms with Crippen molar-refractivity contribution in [2.24, 2.45) is 0 Å². The van der Waals surface area contributed by atoms with Gasteiger partial charge < -0.3 is 5.32 Å². The normalized spacial score (nSPS) is 10.2. The van der Waals surface area contributed by atoms with Crippen LogP contribution < -0.4 is 5.32 Å². The Labute approximate surface area is 114 Å². The van der Waals surface area contributed by atoms with Crippen molar-refractivity contribution in [3.05, 3.63) is 65.2 Å². The van der Waals surface area contributed by atoms with E-state index in [9.17, 15) is 4.79 Å². The number of carbonyl (C=O) groups excluding carboxylic acids is 1. The first-order chi connectivity index (χ1) is 9.19. The smallest absolute Gasteiger partial charge is 0.181 e. The van der Waals surface area contributed by atoms with Gasteiger partial charge in [-0.05, 0) is 31.0 Å². The maximum Gasteiger partial charge on any atom is 0.181 e. The van der Waals surface area contributed by atoms with Gasteiger partial charge >= 0.3 is 0 Å². The molecule has 2 nitrogen and oxygen atoms in total. The van der Waals surface area contributed by atoms with Crippen molar-refractivity contribution in [3.63, 3.8) is 0 Å². The van der Waals surface area contributed by atoms with Crippen molar-refractivity contribution in [3.8, 4) is 0 Å². The number of hydrogen-bond acceptors (Lipinski definition) is 2. The highest BCUT2D eigenvalue weighted by Crippen LogP contribution is 2.10. The van der Waals surface area contributed by atoms with Gasteiger partial charge in [0.15, 0.2) is 5.78 Å². The summed E-state index contributed by atoms with van der Waals surface area (Å²) in [6.07, 6.45) is 1.03. The standard InChI is InChI=1S/C17H19NO/c1-3-14-6-10-16(11-7-14)18-12-17(19)15-8-4-13(2)5-9-15/h4-11,18H,3,12H2,1-2H3. The van der Waals surface area contributed by atoms with Crippen molar-refractivity contribution in [2.45, 2.75) is 20.3 Å². The number of ketones is 1. The van der Waals surface area contributed by atoms with Crippen LogP contribution in [0.25, 0.3) is 0 Å². The average Bonchev–Trinajstić information content (AvgIpc) is 2.46. The fourth-order valence-electron chi connectivity index (χ4n) is 1.88. The van der Waals surface area contributed by atoms with E-state index in [1.54, 1.807) is 0 Å². The Kier molecular flexibility index (Phi) is 4.35. The van der Waals surface area contributed by atoms with Gasteiger partial charge in [-0.15, -0.1) is 0 Å². The highest BCUT2D eigenvalue weighted by Gasteiger charge is 2.04. The molecular weight excluding hydrogens is 234 g/mol. The van der Waals surface area contributed by atoms with Crippen LogP contribution in [0.2, 0.25) is 0 Å². The zero-order valence-electron chi connectivity index (χ0n) is 11.4. The third-order valence-electron chi connectivity index (χ3n) is 3.19. The number of rotatable bonds is 5.